The van der Waals surface area contributed by atoms with Gasteiger partial charge in [-0.1, -0.05) is 18.5 Å². The summed E-state index contributed by atoms with van der Waals surface area (Å²) in [4.78, 5) is 22.7. The van der Waals surface area contributed by atoms with E-state index in [2.05, 4.69) is 10.6 Å². The number of amides is 2. The van der Waals surface area contributed by atoms with E-state index in [9.17, 15) is 14.0 Å². The highest BCUT2D eigenvalue weighted by atomic mass is 35.5. The number of carboxylic acid groups (broad SMARTS) is 1. The van der Waals surface area contributed by atoms with Gasteiger partial charge in [-0.2, -0.15) is 0 Å². The van der Waals surface area contributed by atoms with E-state index in [0.29, 0.717) is 0 Å². The van der Waals surface area contributed by atoms with Crippen LogP contribution in [0.1, 0.15) is 20.3 Å². The molecule has 5 nitrogen and oxygen atoms in total. The minimum Gasteiger partial charge on any atom is -0.480 e. The fourth-order valence-electron chi connectivity index (χ4n) is 1.29. The molecule has 0 aliphatic carbocycles. The van der Waals surface area contributed by atoms with Crippen LogP contribution in [-0.2, 0) is 4.79 Å². The Morgan fingerprint density at radius 3 is 2.58 bits per heavy atom. The Morgan fingerprint density at radius 2 is 2.11 bits per heavy atom. The summed E-state index contributed by atoms with van der Waals surface area (Å²) in [5, 5.41) is 13.7. The number of halogens is 2. The molecular weight excluding hydrogens is 275 g/mol. The van der Waals surface area contributed by atoms with Crippen LogP contribution in [0.2, 0.25) is 5.02 Å². The van der Waals surface area contributed by atoms with Crippen molar-refractivity contribution in [3.8, 4) is 0 Å². The quantitative estimate of drug-likeness (QED) is 0.797. The van der Waals surface area contributed by atoms with Crippen molar-refractivity contribution in [2.24, 2.45) is 0 Å². The first-order chi connectivity index (χ1) is 8.78. The summed E-state index contributed by atoms with van der Waals surface area (Å²) in [7, 11) is 0. The van der Waals surface area contributed by atoms with E-state index in [0.717, 1.165) is 6.07 Å². The minimum absolute atomic E-state index is 0.0780. The highest BCUT2D eigenvalue weighted by molar-refractivity contribution is 6.30. The SMILES string of the molecule is CCC(C)(NC(=O)Nc1ccc(Cl)cc1F)C(=O)O. The summed E-state index contributed by atoms with van der Waals surface area (Å²) >= 11 is 5.58. The van der Waals surface area contributed by atoms with Crippen LogP contribution in [0.25, 0.3) is 0 Å². The number of aliphatic carboxylic acids is 1. The van der Waals surface area contributed by atoms with Gasteiger partial charge in [-0.05, 0) is 31.5 Å². The summed E-state index contributed by atoms with van der Waals surface area (Å²) in [5.41, 5.74) is -1.49. The van der Waals surface area contributed by atoms with Gasteiger partial charge >= 0.3 is 12.0 Å². The second-order valence-electron chi connectivity index (χ2n) is 4.19. The molecule has 1 aromatic carbocycles. The molecule has 1 rings (SSSR count). The first kappa shape index (κ1) is 15.2. The van der Waals surface area contributed by atoms with Gasteiger partial charge in [-0.3, -0.25) is 0 Å². The molecule has 0 fully saturated rings. The Bertz CT molecular complexity index is 510. The van der Waals surface area contributed by atoms with Crippen LogP contribution in [0.4, 0.5) is 14.9 Å². The summed E-state index contributed by atoms with van der Waals surface area (Å²) < 4.78 is 13.4. The van der Waals surface area contributed by atoms with Crippen molar-refractivity contribution in [1.82, 2.24) is 5.32 Å². The molecule has 3 N–H and O–H groups in total. The molecule has 0 radical (unpaired) electrons. The normalized spacial score (nSPS) is 13.5. The largest absolute Gasteiger partial charge is 0.480 e. The first-order valence-electron chi connectivity index (χ1n) is 5.56. The molecule has 2 amide bonds. The van der Waals surface area contributed by atoms with E-state index in [1.165, 1.54) is 19.1 Å². The molecular formula is C12H14ClFN2O3. The molecule has 0 saturated carbocycles. The van der Waals surface area contributed by atoms with E-state index in [1.54, 1.807) is 6.92 Å². The van der Waals surface area contributed by atoms with Crippen molar-refractivity contribution in [3.05, 3.63) is 29.0 Å². The topological polar surface area (TPSA) is 78.4 Å². The maximum atomic E-state index is 13.4. The summed E-state index contributed by atoms with van der Waals surface area (Å²) in [5.74, 6) is -1.86. The molecule has 1 atom stereocenters. The van der Waals surface area contributed by atoms with Crippen LogP contribution < -0.4 is 10.6 Å². The van der Waals surface area contributed by atoms with E-state index in [4.69, 9.17) is 16.7 Å². The second kappa shape index (κ2) is 5.88. The summed E-state index contributed by atoms with van der Waals surface area (Å²) in [6, 6.07) is 2.96. The first-order valence-corrected chi connectivity index (χ1v) is 5.94. The third-order valence-electron chi connectivity index (χ3n) is 2.75. The van der Waals surface area contributed by atoms with Gasteiger partial charge in [0, 0.05) is 5.02 Å². The van der Waals surface area contributed by atoms with E-state index in [1.807, 2.05) is 0 Å². The number of nitrogens with one attached hydrogen (secondary N) is 2. The Labute approximate surface area is 114 Å². The number of benzene rings is 1. The van der Waals surface area contributed by atoms with Crippen LogP contribution in [0.5, 0.6) is 0 Å². The smallest absolute Gasteiger partial charge is 0.329 e. The van der Waals surface area contributed by atoms with Gasteiger partial charge in [0.2, 0.25) is 0 Å². The van der Waals surface area contributed by atoms with Crippen molar-refractivity contribution in [2.45, 2.75) is 25.8 Å². The number of rotatable bonds is 4. The summed E-state index contributed by atoms with van der Waals surface area (Å²) in [6.45, 7) is 2.99. The van der Waals surface area contributed by atoms with Crippen molar-refractivity contribution < 1.29 is 19.1 Å². The molecule has 0 saturated heterocycles. The zero-order chi connectivity index (χ0) is 14.6. The third kappa shape index (κ3) is 3.82. The molecule has 7 heteroatoms. The van der Waals surface area contributed by atoms with Crippen LogP contribution in [0.15, 0.2) is 18.2 Å². The van der Waals surface area contributed by atoms with Crippen molar-refractivity contribution in [3.63, 3.8) is 0 Å². The molecule has 0 bridgehead atoms. The minimum atomic E-state index is -1.41. The molecule has 1 unspecified atom stereocenters. The number of anilines is 1. The van der Waals surface area contributed by atoms with Gasteiger partial charge in [-0.15, -0.1) is 0 Å². The predicted octanol–water partition coefficient (Wildman–Crippen LogP) is 2.85. The average Bonchev–Trinajstić information content (AvgIpc) is 2.32. The van der Waals surface area contributed by atoms with Gasteiger partial charge in [0.15, 0.2) is 0 Å². The number of carbonyl (C=O) groups excluding carboxylic acids is 1. The molecule has 19 heavy (non-hydrogen) atoms. The zero-order valence-electron chi connectivity index (χ0n) is 10.5. The maximum absolute atomic E-state index is 13.4. The fourth-order valence-corrected chi connectivity index (χ4v) is 1.45. The lowest BCUT2D eigenvalue weighted by Gasteiger charge is -2.24. The Morgan fingerprint density at radius 1 is 1.47 bits per heavy atom. The Kier molecular flexibility index (Phi) is 4.72. The van der Waals surface area contributed by atoms with Crippen molar-refractivity contribution >= 4 is 29.3 Å². The van der Waals surface area contributed by atoms with E-state index in [-0.39, 0.29) is 17.1 Å². The van der Waals surface area contributed by atoms with Crippen molar-refractivity contribution in [1.29, 1.82) is 0 Å². The van der Waals surface area contributed by atoms with E-state index >= 15 is 0 Å². The molecule has 0 aliphatic heterocycles. The second-order valence-corrected chi connectivity index (χ2v) is 4.63. The average molecular weight is 289 g/mol. The highest BCUT2D eigenvalue weighted by Crippen LogP contribution is 2.19. The van der Waals surface area contributed by atoms with Gasteiger partial charge in [0.25, 0.3) is 0 Å². The molecule has 0 aromatic heterocycles. The summed E-state index contributed by atoms with van der Waals surface area (Å²) in [6.07, 6.45) is 0.193. The number of carboxylic acids is 1. The lowest BCUT2D eigenvalue weighted by molar-refractivity contribution is -0.143. The molecule has 0 spiro atoms. The number of hydrogen-bond donors (Lipinski definition) is 3. The number of carbonyl (C=O) groups is 2. The fraction of sp³-hybridized carbons (Fsp3) is 0.333. The lowest BCUT2D eigenvalue weighted by atomic mass is 10.00. The van der Waals surface area contributed by atoms with Crippen molar-refractivity contribution in [2.75, 3.05) is 5.32 Å². The lowest BCUT2D eigenvalue weighted by Crippen LogP contribution is -2.53. The maximum Gasteiger partial charge on any atom is 0.329 e. The molecule has 0 heterocycles. The highest BCUT2D eigenvalue weighted by Gasteiger charge is 2.32. The van der Waals surface area contributed by atoms with E-state index < -0.39 is 23.4 Å². The van der Waals surface area contributed by atoms with Gasteiger partial charge < -0.3 is 15.7 Å². The Hall–Kier alpha value is -1.82. The van der Waals surface area contributed by atoms with Gasteiger partial charge in [0.1, 0.15) is 11.4 Å². The molecule has 1 aromatic rings. The molecule has 104 valence electrons. The van der Waals surface area contributed by atoms with Gasteiger partial charge in [-0.25, -0.2) is 14.0 Å². The standard InChI is InChI=1S/C12H14ClFN2O3/c1-3-12(2,10(17)18)16-11(19)15-9-5-4-7(13)6-8(9)14/h4-6H,3H2,1-2H3,(H,17,18)(H2,15,16,19). The monoisotopic (exact) mass is 288 g/mol. The number of hydrogen-bond acceptors (Lipinski definition) is 2. The third-order valence-corrected chi connectivity index (χ3v) is 2.98. The molecule has 0 aliphatic rings. The van der Waals surface area contributed by atoms with Gasteiger partial charge in [0.05, 0.1) is 5.69 Å². The number of urea groups is 1. The van der Waals surface area contributed by atoms with Crippen LogP contribution in [0.3, 0.4) is 0 Å². The van der Waals surface area contributed by atoms with Crippen LogP contribution >= 0.6 is 11.6 Å². The zero-order valence-corrected chi connectivity index (χ0v) is 11.2. The Balaban J connectivity index is 2.78. The van der Waals surface area contributed by atoms with Crippen LogP contribution in [0, 0.1) is 5.82 Å². The predicted molar refractivity (Wildman–Crippen MR) is 69.9 cm³/mol. The van der Waals surface area contributed by atoms with Crippen LogP contribution in [-0.4, -0.2) is 22.6 Å².